The lowest BCUT2D eigenvalue weighted by atomic mass is 10.3. The van der Waals surface area contributed by atoms with Gasteiger partial charge in [-0.25, -0.2) is 4.98 Å². The van der Waals surface area contributed by atoms with Crippen molar-refractivity contribution < 1.29 is 0 Å². The number of halogens is 2. The summed E-state index contributed by atoms with van der Waals surface area (Å²) in [6.45, 7) is 6.14. The lowest BCUT2D eigenvalue weighted by Gasteiger charge is -2.13. The summed E-state index contributed by atoms with van der Waals surface area (Å²) >= 11 is 9.60. The molecule has 2 rings (SSSR count). The minimum absolute atomic E-state index is 0.323. The maximum atomic E-state index is 6.06. The number of hydrogen-bond donors (Lipinski definition) is 1. The lowest BCUT2D eigenvalue weighted by Crippen LogP contribution is -2.14. The first-order chi connectivity index (χ1) is 8.47. The van der Waals surface area contributed by atoms with E-state index in [1.165, 1.54) is 0 Å². The van der Waals surface area contributed by atoms with Crippen LogP contribution in [0.25, 0.3) is 5.69 Å². The van der Waals surface area contributed by atoms with Crippen molar-refractivity contribution in [2.24, 2.45) is 0 Å². The summed E-state index contributed by atoms with van der Waals surface area (Å²) in [7, 11) is 0. The maximum absolute atomic E-state index is 6.06. The van der Waals surface area contributed by atoms with Crippen molar-refractivity contribution in [3.63, 3.8) is 0 Å². The summed E-state index contributed by atoms with van der Waals surface area (Å²) < 4.78 is 2.99. The molecule has 1 aromatic carbocycles. The number of nitrogens with zero attached hydrogens (tertiary/aromatic N) is 2. The first-order valence-electron chi connectivity index (χ1n) is 5.75. The molecule has 18 heavy (non-hydrogen) atoms. The molecule has 0 amide bonds. The van der Waals surface area contributed by atoms with Crippen molar-refractivity contribution in [1.82, 2.24) is 9.55 Å². The SMILES string of the molecule is Cc1cn(-c2cc(Cl)ccc2Br)c(NC(C)C)n1. The Balaban J connectivity index is 2.52. The molecule has 1 N–H and O–H groups in total. The molecule has 1 aromatic heterocycles. The lowest BCUT2D eigenvalue weighted by molar-refractivity contribution is 0.863. The predicted octanol–water partition coefficient (Wildman–Crippen LogP) is 4.42. The van der Waals surface area contributed by atoms with Crippen molar-refractivity contribution in [2.75, 3.05) is 5.32 Å². The third kappa shape index (κ3) is 2.87. The zero-order valence-corrected chi connectivity index (χ0v) is 12.9. The van der Waals surface area contributed by atoms with Gasteiger partial charge >= 0.3 is 0 Å². The third-order valence-electron chi connectivity index (χ3n) is 2.41. The number of aryl methyl sites for hydroxylation is 1. The minimum Gasteiger partial charge on any atom is -0.353 e. The van der Waals surface area contributed by atoms with Gasteiger partial charge in [0.15, 0.2) is 0 Å². The normalized spacial score (nSPS) is 11.0. The van der Waals surface area contributed by atoms with Crippen LogP contribution >= 0.6 is 27.5 Å². The van der Waals surface area contributed by atoms with E-state index < -0.39 is 0 Å². The molecular weight excluding hydrogens is 314 g/mol. The van der Waals surface area contributed by atoms with Crippen molar-refractivity contribution in [2.45, 2.75) is 26.8 Å². The second kappa shape index (κ2) is 5.33. The fourth-order valence-corrected chi connectivity index (χ4v) is 2.32. The van der Waals surface area contributed by atoms with Gasteiger partial charge in [0.05, 0.1) is 11.4 Å². The molecule has 0 bridgehead atoms. The number of nitrogens with one attached hydrogen (secondary N) is 1. The Morgan fingerprint density at radius 3 is 2.78 bits per heavy atom. The van der Waals surface area contributed by atoms with Crippen molar-refractivity contribution in [3.8, 4) is 5.69 Å². The molecule has 0 saturated carbocycles. The molecular formula is C13H15BrClN3. The molecule has 0 aliphatic carbocycles. The molecule has 0 unspecified atom stereocenters. The monoisotopic (exact) mass is 327 g/mol. The fraction of sp³-hybridized carbons (Fsp3) is 0.308. The van der Waals surface area contributed by atoms with Gasteiger partial charge in [0, 0.05) is 21.7 Å². The van der Waals surface area contributed by atoms with Gasteiger partial charge in [-0.15, -0.1) is 0 Å². The van der Waals surface area contributed by atoms with Crippen LogP contribution < -0.4 is 5.32 Å². The molecule has 0 radical (unpaired) electrons. The highest BCUT2D eigenvalue weighted by molar-refractivity contribution is 9.10. The fourth-order valence-electron chi connectivity index (χ4n) is 1.71. The Hall–Kier alpha value is -1.00. The number of hydrogen-bond acceptors (Lipinski definition) is 2. The molecule has 96 valence electrons. The predicted molar refractivity (Wildman–Crippen MR) is 79.8 cm³/mol. The summed E-state index contributed by atoms with van der Waals surface area (Å²) in [5, 5.41) is 4.03. The Labute approximate surface area is 120 Å². The zero-order valence-electron chi connectivity index (χ0n) is 10.5. The van der Waals surface area contributed by atoms with E-state index in [1.807, 2.05) is 35.9 Å². The largest absolute Gasteiger partial charge is 0.353 e. The highest BCUT2D eigenvalue weighted by Crippen LogP contribution is 2.27. The van der Waals surface area contributed by atoms with Crippen LogP contribution in [0.5, 0.6) is 0 Å². The van der Waals surface area contributed by atoms with Crippen LogP contribution in [0.1, 0.15) is 19.5 Å². The summed E-state index contributed by atoms with van der Waals surface area (Å²) in [6, 6.07) is 6.03. The number of aromatic nitrogens is 2. The quantitative estimate of drug-likeness (QED) is 0.904. The van der Waals surface area contributed by atoms with Crippen LogP contribution in [0, 0.1) is 6.92 Å². The highest BCUT2D eigenvalue weighted by atomic mass is 79.9. The molecule has 0 fully saturated rings. The van der Waals surface area contributed by atoms with Gasteiger partial charge in [-0.05, 0) is 54.9 Å². The van der Waals surface area contributed by atoms with Crippen molar-refractivity contribution in [1.29, 1.82) is 0 Å². The van der Waals surface area contributed by atoms with Crippen molar-refractivity contribution in [3.05, 3.63) is 39.6 Å². The number of imidazole rings is 1. The molecule has 0 saturated heterocycles. The van der Waals surface area contributed by atoms with Crippen LogP contribution in [-0.2, 0) is 0 Å². The van der Waals surface area contributed by atoms with Crippen LogP contribution in [0.15, 0.2) is 28.9 Å². The van der Waals surface area contributed by atoms with Gasteiger partial charge in [0.25, 0.3) is 0 Å². The van der Waals surface area contributed by atoms with Gasteiger partial charge in [0.1, 0.15) is 0 Å². The third-order valence-corrected chi connectivity index (χ3v) is 3.32. The number of benzene rings is 1. The van der Waals surface area contributed by atoms with Crippen LogP contribution in [0.3, 0.4) is 0 Å². The average Bonchev–Trinajstić information content (AvgIpc) is 2.62. The number of rotatable bonds is 3. The maximum Gasteiger partial charge on any atom is 0.207 e. The van der Waals surface area contributed by atoms with E-state index in [2.05, 4.69) is 40.1 Å². The first kappa shape index (κ1) is 13.4. The summed E-state index contributed by atoms with van der Waals surface area (Å²) in [5.74, 6) is 0.825. The summed E-state index contributed by atoms with van der Waals surface area (Å²) in [5.41, 5.74) is 1.94. The van der Waals surface area contributed by atoms with E-state index in [0.29, 0.717) is 11.1 Å². The van der Waals surface area contributed by atoms with Gasteiger partial charge in [-0.2, -0.15) is 0 Å². The molecule has 0 atom stereocenters. The molecule has 5 heteroatoms. The van der Waals surface area contributed by atoms with E-state index >= 15 is 0 Å². The van der Waals surface area contributed by atoms with E-state index in [9.17, 15) is 0 Å². The van der Waals surface area contributed by atoms with E-state index in [1.54, 1.807) is 0 Å². The summed E-state index contributed by atoms with van der Waals surface area (Å²) in [6.07, 6.45) is 1.99. The topological polar surface area (TPSA) is 29.9 Å². The Bertz CT molecular complexity index is 563. The molecule has 2 aromatic rings. The first-order valence-corrected chi connectivity index (χ1v) is 6.92. The van der Waals surface area contributed by atoms with Gasteiger partial charge < -0.3 is 5.32 Å². The van der Waals surface area contributed by atoms with Crippen molar-refractivity contribution >= 4 is 33.5 Å². The zero-order chi connectivity index (χ0) is 13.3. The van der Waals surface area contributed by atoms with Crippen LogP contribution in [0.4, 0.5) is 5.95 Å². The van der Waals surface area contributed by atoms with Gasteiger partial charge in [-0.1, -0.05) is 11.6 Å². The molecule has 0 aliphatic heterocycles. The van der Waals surface area contributed by atoms with E-state index in [4.69, 9.17) is 11.6 Å². The minimum atomic E-state index is 0.323. The van der Waals surface area contributed by atoms with Gasteiger partial charge in [-0.3, -0.25) is 4.57 Å². The highest BCUT2D eigenvalue weighted by Gasteiger charge is 2.11. The molecule has 3 nitrogen and oxygen atoms in total. The second-order valence-electron chi connectivity index (χ2n) is 4.47. The Kier molecular flexibility index (Phi) is 3.97. The van der Waals surface area contributed by atoms with Gasteiger partial charge in [0.2, 0.25) is 5.95 Å². The van der Waals surface area contributed by atoms with Crippen LogP contribution in [-0.4, -0.2) is 15.6 Å². The average molecular weight is 329 g/mol. The molecule has 0 aliphatic rings. The smallest absolute Gasteiger partial charge is 0.207 e. The Morgan fingerprint density at radius 2 is 2.11 bits per heavy atom. The Morgan fingerprint density at radius 1 is 1.39 bits per heavy atom. The van der Waals surface area contributed by atoms with Crippen LogP contribution in [0.2, 0.25) is 5.02 Å². The summed E-state index contributed by atoms with van der Waals surface area (Å²) in [4.78, 5) is 4.49. The van der Waals surface area contributed by atoms with E-state index in [0.717, 1.165) is 21.8 Å². The second-order valence-corrected chi connectivity index (χ2v) is 5.76. The number of anilines is 1. The van der Waals surface area contributed by atoms with E-state index in [-0.39, 0.29) is 0 Å². The standard InChI is InChI=1S/C13H15BrClN3/c1-8(2)16-13-17-9(3)7-18(13)12-6-10(15)4-5-11(12)14/h4-8H,1-3H3,(H,16,17). The molecule has 0 spiro atoms. The molecule has 1 heterocycles.